The van der Waals surface area contributed by atoms with Gasteiger partial charge in [-0.3, -0.25) is 9.59 Å². The number of carbonyl (C=O) groups excluding carboxylic acids is 2. The van der Waals surface area contributed by atoms with Gasteiger partial charge in [0.05, 0.1) is 12.2 Å². The van der Waals surface area contributed by atoms with Crippen molar-refractivity contribution in [1.29, 1.82) is 0 Å². The minimum absolute atomic E-state index is 0.0479. The highest BCUT2D eigenvalue weighted by Crippen LogP contribution is 2.40. The van der Waals surface area contributed by atoms with Crippen LogP contribution in [0, 0.1) is 0 Å². The number of benzene rings is 1. The highest BCUT2D eigenvalue weighted by molar-refractivity contribution is 5.99. The van der Waals surface area contributed by atoms with Crippen molar-refractivity contribution in [2.75, 3.05) is 5.32 Å². The monoisotopic (exact) mass is 391 g/mol. The van der Waals surface area contributed by atoms with Gasteiger partial charge in [0.2, 0.25) is 11.7 Å². The van der Waals surface area contributed by atoms with E-state index in [1.54, 1.807) is 4.68 Å². The summed E-state index contributed by atoms with van der Waals surface area (Å²) in [6.07, 6.45) is 4.30. The molecule has 2 amide bonds. The predicted molar refractivity (Wildman–Crippen MR) is 104 cm³/mol. The smallest absolute Gasteiger partial charge is 0.291 e. The van der Waals surface area contributed by atoms with Gasteiger partial charge in [0, 0.05) is 18.5 Å². The average Bonchev–Trinajstić information content (AvgIpc) is 3.38. The number of rotatable bonds is 5. The maximum atomic E-state index is 12.6. The van der Waals surface area contributed by atoms with Gasteiger partial charge in [-0.25, -0.2) is 14.3 Å². The molecule has 9 nitrogen and oxygen atoms in total. The largest absolute Gasteiger partial charge is 0.337 e. The summed E-state index contributed by atoms with van der Waals surface area (Å²) in [5, 5.41) is 14.4. The number of carbonyl (C=O) groups is 2. The first-order valence-corrected chi connectivity index (χ1v) is 9.78. The number of hydrogen-bond donors (Lipinski definition) is 2. The maximum absolute atomic E-state index is 12.6. The first kappa shape index (κ1) is 17.6. The van der Waals surface area contributed by atoms with Crippen LogP contribution < -0.4 is 10.6 Å². The molecule has 1 fully saturated rings. The molecule has 5 rings (SSSR count). The summed E-state index contributed by atoms with van der Waals surface area (Å²) in [6.45, 7) is 1.08. The second kappa shape index (κ2) is 7.16. The Morgan fingerprint density at radius 2 is 2.00 bits per heavy atom. The summed E-state index contributed by atoms with van der Waals surface area (Å²) in [6, 6.07) is 11.1. The van der Waals surface area contributed by atoms with Crippen molar-refractivity contribution < 1.29 is 9.59 Å². The van der Waals surface area contributed by atoms with Gasteiger partial charge in [0.25, 0.3) is 5.91 Å². The van der Waals surface area contributed by atoms with Gasteiger partial charge in [0.15, 0.2) is 0 Å². The fourth-order valence-corrected chi connectivity index (χ4v) is 3.49. The third-order valence-electron chi connectivity index (χ3n) is 5.22. The van der Waals surface area contributed by atoms with Crippen LogP contribution in [-0.2, 0) is 17.9 Å². The van der Waals surface area contributed by atoms with Crippen LogP contribution in [0.15, 0.2) is 42.7 Å². The molecule has 3 aromatic rings. The lowest BCUT2D eigenvalue weighted by molar-refractivity contribution is -0.118. The Balaban J connectivity index is 1.22. The van der Waals surface area contributed by atoms with E-state index < -0.39 is 11.9 Å². The van der Waals surface area contributed by atoms with Crippen molar-refractivity contribution in [3.8, 4) is 0 Å². The van der Waals surface area contributed by atoms with Crippen LogP contribution in [0.4, 0.5) is 5.82 Å². The third kappa shape index (κ3) is 3.75. The fraction of sp³-hybridized carbons (Fsp3) is 0.350. The quantitative estimate of drug-likeness (QED) is 0.686. The van der Waals surface area contributed by atoms with E-state index in [0.717, 1.165) is 24.1 Å². The minimum atomic E-state index is -0.658. The summed E-state index contributed by atoms with van der Waals surface area (Å²) in [5.41, 5.74) is 2.10. The van der Waals surface area contributed by atoms with E-state index in [4.69, 9.17) is 0 Å². The third-order valence-corrected chi connectivity index (χ3v) is 5.22. The molecule has 1 aromatic carbocycles. The number of nitrogens with one attached hydrogen (secondary N) is 2. The Morgan fingerprint density at radius 3 is 2.79 bits per heavy atom. The van der Waals surface area contributed by atoms with E-state index in [-0.39, 0.29) is 11.7 Å². The zero-order chi connectivity index (χ0) is 19.8. The van der Waals surface area contributed by atoms with Crippen molar-refractivity contribution in [1.82, 2.24) is 29.9 Å². The lowest BCUT2D eigenvalue weighted by Gasteiger charge is -2.13. The minimum Gasteiger partial charge on any atom is -0.337 e. The summed E-state index contributed by atoms with van der Waals surface area (Å²) < 4.78 is 3.41. The molecule has 1 saturated carbocycles. The highest BCUT2D eigenvalue weighted by atomic mass is 16.2. The number of amides is 2. The maximum Gasteiger partial charge on any atom is 0.291 e. The number of hydrogen-bond acceptors (Lipinski definition) is 5. The Bertz CT molecular complexity index is 1050. The number of fused-ring (bicyclic) bond motifs is 1. The van der Waals surface area contributed by atoms with Gasteiger partial charge < -0.3 is 10.6 Å². The number of aromatic nitrogens is 5. The molecule has 1 atom stereocenters. The van der Waals surface area contributed by atoms with Crippen LogP contribution in [0.3, 0.4) is 0 Å². The van der Waals surface area contributed by atoms with Gasteiger partial charge in [-0.05, 0) is 24.8 Å². The molecule has 2 aromatic heterocycles. The second-order valence-corrected chi connectivity index (χ2v) is 7.51. The van der Waals surface area contributed by atoms with Crippen molar-refractivity contribution in [2.24, 2.45) is 0 Å². The van der Waals surface area contributed by atoms with Crippen LogP contribution in [0.1, 0.15) is 47.1 Å². The second-order valence-electron chi connectivity index (χ2n) is 7.51. The Labute approximate surface area is 167 Å². The molecule has 0 bridgehead atoms. The van der Waals surface area contributed by atoms with Gasteiger partial charge in [-0.15, -0.1) is 5.10 Å². The molecule has 2 aliphatic rings. The summed E-state index contributed by atoms with van der Waals surface area (Å²) >= 11 is 0. The van der Waals surface area contributed by atoms with Crippen molar-refractivity contribution >= 4 is 17.6 Å². The number of aryl methyl sites for hydroxylation is 1. The topological polar surface area (TPSA) is 107 Å². The fourth-order valence-electron chi connectivity index (χ4n) is 3.49. The first-order chi connectivity index (χ1) is 14.2. The van der Waals surface area contributed by atoms with Crippen molar-refractivity contribution in [3.05, 3.63) is 59.8 Å². The zero-order valence-electron chi connectivity index (χ0n) is 15.8. The zero-order valence-corrected chi connectivity index (χ0v) is 15.8. The van der Waals surface area contributed by atoms with Crippen LogP contribution in [-0.4, -0.2) is 42.4 Å². The molecular weight excluding hydrogens is 370 g/mol. The normalized spacial score (nSPS) is 18.6. The van der Waals surface area contributed by atoms with Gasteiger partial charge in [0.1, 0.15) is 18.2 Å². The van der Waals surface area contributed by atoms with Crippen molar-refractivity contribution in [2.45, 2.75) is 44.3 Å². The SMILES string of the molecule is O=C(NC1CCn2nc(C3CC3)cc2NC1=O)c1ncn(Cc2ccccc2)n1. The molecule has 0 saturated heterocycles. The van der Waals surface area contributed by atoms with E-state index >= 15 is 0 Å². The molecule has 0 radical (unpaired) electrons. The molecule has 148 valence electrons. The molecule has 1 unspecified atom stereocenters. The number of anilines is 1. The predicted octanol–water partition coefficient (Wildman–Crippen LogP) is 1.54. The van der Waals surface area contributed by atoms with Crippen LogP contribution in [0.25, 0.3) is 0 Å². The first-order valence-electron chi connectivity index (χ1n) is 9.78. The molecule has 3 heterocycles. The van der Waals surface area contributed by atoms with Crippen LogP contribution in [0.5, 0.6) is 0 Å². The standard InChI is InChI=1S/C20H21N7O2/c28-19-15(8-9-27-17(23-19)10-16(24-27)14-6-7-14)22-20(29)18-21-12-26(25-18)11-13-4-2-1-3-5-13/h1-5,10,12,14-15H,6-9,11H2,(H,22,29)(H,23,28). The van der Waals surface area contributed by atoms with Gasteiger partial charge in [-0.2, -0.15) is 5.10 Å². The van der Waals surface area contributed by atoms with Crippen LogP contribution in [0.2, 0.25) is 0 Å². The Hall–Kier alpha value is -3.49. The molecule has 9 heteroatoms. The molecule has 2 N–H and O–H groups in total. The van der Waals surface area contributed by atoms with Gasteiger partial charge in [-0.1, -0.05) is 30.3 Å². The Morgan fingerprint density at radius 1 is 1.17 bits per heavy atom. The number of nitrogens with zero attached hydrogens (tertiary/aromatic N) is 5. The van der Waals surface area contributed by atoms with Crippen molar-refractivity contribution in [3.63, 3.8) is 0 Å². The van der Waals surface area contributed by atoms with E-state index in [9.17, 15) is 9.59 Å². The highest BCUT2D eigenvalue weighted by Gasteiger charge is 2.31. The average molecular weight is 391 g/mol. The van der Waals surface area contributed by atoms with E-state index in [1.807, 2.05) is 41.1 Å². The summed E-state index contributed by atoms with van der Waals surface area (Å²) in [5.74, 6) is 0.558. The molecule has 1 aliphatic carbocycles. The molecule has 0 spiro atoms. The summed E-state index contributed by atoms with van der Waals surface area (Å²) in [7, 11) is 0. The Kier molecular flexibility index (Phi) is 4.34. The molecule has 1 aliphatic heterocycles. The van der Waals surface area contributed by atoms with E-state index in [2.05, 4.69) is 25.8 Å². The van der Waals surface area contributed by atoms with E-state index in [1.165, 1.54) is 6.33 Å². The molecular formula is C20H21N7O2. The van der Waals surface area contributed by atoms with Gasteiger partial charge >= 0.3 is 0 Å². The molecule has 29 heavy (non-hydrogen) atoms. The van der Waals surface area contributed by atoms with Crippen LogP contribution >= 0.6 is 0 Å². The lowest BCUT2D eigenvalue weighted by atomic mass is 10.2. The van der Waals surface area contributed by atoms with E-state index in [0.29, 0.717) is 31.2 Å². The summed E-state index contributed by atoms with van der Waals surface area (Å²) in [4.78, 5) is 29.2. The lowest BCUT2D eigenvalue weighted by Crippen LogP contribution is -2.43.